The molecule has 0 spiro atoms. The summed E-state index contributed by atoms with van der Waals surface area (Å²) in [7, 11) is 0. The van der Waals surface area contributed by atoms with Gasteiger partial charge >= 0.3 is 0 Å². The van der Waals surface area contributed by atoms with Crippen LogP contribution in [0.4, 0.5) is 5.13 Å². The molecule has 1 aromatic carbocycles. The van der Waals surface area contributed by atoms with Crippen LogP contribution in [-0.4, -0.2) is 40.0 Å². The minimum atomic E-state index is -0.144. The normalized spacial score (nSPS) is 17.6. The number of carbonyl (C=O) groups excluding carboxylic acids is 1. The zero-order valence-corrected chi connectivity index (χ0v) is 14.8. The molecule has 25 heavy (non-hydrogen) atoms. The van der Waals surface area contributed by atoms with Crippen LogP contribution in [0.3, 0.4) is 0 Å². The zero-order valence-electron chi connectivity index (χ0n) is 14.0. The first-order chi connectivity index (χ1) is 12.2. The van der Waals surface area contributed by atoms with E-state index in [-0.39, 0.29) is 11.9 Å². The predicted octanol–water partition coefficient (Wildman–Crippen LogP) is 2.79. The highest BCUT2D eigenvalue weighted by molar-refractivity contribution is 7.22. The van der Waals surface area contributed by atoms with Crippen LogP contribution in [0.25, 0.3) is 10.2 Å². The molecule has 7 heteroatoms. The van der Waals surface area contributed by atoms with Gasteiger partial charge < -0.3 is 10.2 Å². The molecule has 0 aliphatic carbocycles. The van der Waals surface area contributed by atoms with Crippen LogP contribution < -0.4 is 10.2 Å². The average molecular weight is 353 g/mol. The molecule has 4 rings (SSSR count). The monoisotopic (exact) mass is 353 g/mol. The van der Waals surface area contributed by atoms with Gasteiger partial charge in [0.15, 0.2) is 5.13 Å². The van der Waals surface area contributed by atoms with Crippen molar-refractivity contribution < 1.29 is 4.79 Å². The number of amides is 1. The van der Waals surface area contributed by atoms with Crippen molar-refractivity contribution in [3.63, 3.8) is 0 Å². The summed E-state index contributed by atoms with van der Waals surface area (Å²) in [5, 5.41) is 4.12. The maximum Gasteiger partial charge on any atom is 0.270 e. The summed E-state index contributed by atoms with van der Waals surface area (Å²) in [6.07, 6.45) is 4.98. The molecule has 6 nitrogen and oxygen atoms in total. The van der Waals surface area contributed by atoms with Crippen LogP contribution >= 0.6 is 11.3 Å². The van der Waals surface area contributed by atoms with E-state index in [9.17, 15) is 4.79 Å². The average Bonchev–Trinajstić information content (AvgIpc) is 3.08. The van der Waals surface area contributed by atoms with Crippen molar-refractivity contribution in [3.8, 4) is 0 Å². The molecule has 1 saturated heterocycles. The van der Waals surface area contributed by atoms with Gasteiger partial charge in [0, 0.05) is 25.3 Å². The lowest BCUT2D eigenvalue weighted by Gasteiger charge is -2.32. The van der Waals surface area contributed by atoms with Gasteiger partial charge in [-0.2, -0.15) is 0 Å². The molecule has 0 saturated carbocycles. The molecular formula is C18H19N5OS. The fourth-order valence-electron chi connectivity index (χ4n) is 3.16. The molecular weight excluding hydrogens is 334 g/mol. The van der Waals surface area contributed by atoms with Crippen LogP contribution in [0.5, 0.6) is 0 Å². The number of nitrogens with one attached hydrogen (secondary N) is 1. The van der Waals surface area contributed by atoms with Gasteiger partial charge in [0.2, 0.25) is 0 Å². The third-order valence-corrected chi connectivity index (χ3v) is 5.53. The van der Waals surface area contributed by atoms with E-state index < -0.39 is 0 Å². The summed E-state index contributed by atoms with van der Waals surface area (Å²) in [5.41, 5.74) is 2.68. The lowest BCUT2D eigenvalue weighted by molar-refractivity contribution is 0.0928. The van der Waals surface area contributed by atoms with E-state index in [1.165, 1.54) is 16.6 Å². The van der Waals surface area contributed by atoms with E-state index in [4.69, 9.17) is 4.98 Å². The summed E-state index contributed by atoms with van der Waals surface area (Å²) < 4.78 is 1.21. The van der Waals surface area contributed by atoms with Gasteiger partial charge in [-0.15, -0.1) is 0 Å². The molecule has 0 radical (unpaired) electrons. The smallest absolute Gasteiger partial charge is 0.270 e. The number of anilines is 1. The fraction of sp³-hybridized carbons (Fsp3) is 0.333. The molecule has 1 amide bonds. The summed E-state index contributed by atoms with van der Waals surface area (Å²) in [6, 6.07) is 8.01. The number of piperidine rings is 1. The summed E-state index contributed by atoms with van der Waals surface area (Å²) in [6.45, 7) is 3.83. The second-order valence-corrected chi connectivity index (χ2v) is 7.28. The summed E-state index contributed by atoms with van der Waals surface area (Å²) in [5.74, 6) is -0.144. The maximum atomic E-state index is 12.3. The first kappa shape index (κ1) is 16.0. The van der Waals surface area contributed by atoms with Gasteiger partial charge in [-0.1, -0.05) is 23.5 Å². The van der Waals surface area contributed by atoms with E-state index in [0.29, 0.717) is 5.69 Å². The Morgan fingerprint density at radius 2 is 2.28 bits per heavy atom. The third-order valence-electron chi connectivity index (χ3n) is 4.45. The minimum absolute atomic E-state index is 0.101. The lowest BCUT2D eigenvalue weighted by atomic mass is 10.1. The van der Waals surface area contributed by atoms with Crippen molar-refractivity contribution in [2.45, 2.75) is 25.8 Å². The molecule has 1 aliphatic heterocycles. The molecule has 1 unspecified atom stereocenters. The van der Waals surface area contributed by atoms with Crippen LogP contribution in [0.2, 0.25) is 0 Å². The molecule has 1 fully saturated rings. The van der Waals surface area contributed by atoms with Crippen molar-refractivity contribution >= 4 is 32.6 Å². The number of aromatic nitrogens is 3. The Morgan fingerprint density at radius 3 is 3.08 bits per heavy atom. The Kier molecular flexibility index (Phi) is 4.31. The Bertz CT molecular complexity index is 895. The number of aryl methyl sites for hydroxylation is 1. The summed E-state index contributed by atoms with van der Waals surface area (Å²) >= 11 is 1.72. The highest BCUT2D eigenvalue weighted by atomic mass is 32.1. The zero-order chi connectivity index (χ0) is 17.2. The number of para-hydroxylation sites is 1. The van der Waals surface area contributed by atoms with Gasteiger partial charge in [-0.05, 0) is 37.5 Å². The van der Waals surface area contributed by atoms with Gasteiger partial charge in [0.05, 0.1) is 10.2 Å². The van der Waals surface area contributed by atoms with E-state index in [2.05, 4.69) is 45.3 Å². The van der Waals surface area contributed by atoms with Crippen molar-refractivity contribution in [1.29, 1.82) is 0 Å². The van der Waals surface area contributed by atoms with Gasteiger partial charge in [-0.25, -0.2) is 15.0 Å². The number of thiazole rings is 1. The van der Waals surface area contributed by atoms with Crippen LogP contribution in [0.1, 0.15) is 28.9 Å². The topological polar surface area (TPSA) is 71.0 Å². The Hall–Kier alpha value is -2.54. The number of fused-ring (bicyclic) bond motifs is 1. The van der Waals surface area contributed by atoms with Crippen LogP contribution in [-0.2, 0) is 0 Å². The molecule has 1 N–H and O–H groups in total. The van der Waals surface area contributed by atoms with E-state index >= 15 is 0 Å². The third kappa shape index (κ3) is 3.32. The molecule has 3 heterocycles. The molecule has 128 valence electrons. The highest BCUT2D eigenvalue weighted by Crippen LogP contribution is 2.31. The molecule has 0 bridgehead atoms. The number of hydrogen-bond acceptors (Lipinski definition) is 6. The predicted molar refractivity (Wildman–Crippen MR) is 99.1 cm³/mol. The van der Waals surface area contributed by atoms with E-state index in [0.717, 1.165) is 36.6 Å². The fourth-order valence-corrected chi connectivity index (χ4v) is 4.24. The number of carbonyl (C=O) groups is 1. The largest absolute Gasteiger partial charge is 0.346 e. The van der Waals surface area contributed by atoms with Gasteiger partial charge in [0.1, 0.15) is 12.0 Å². The summed E-state index contributed by atoms with van der Waals surface area (Å²) in [4.78, 5) is 27.3. The Morgan fingerprint density at radius 1 is 1.36 bits per heavy atom. The molecule has 3 aromatic rings. The van der Waals surface area contributed by atoms with Crippen LogP contribution in [0.15, 0.2) is 36.8 Å². The number of rotatable bonds is 3. The standard InChI is InChI=1S/C18H19N5OS/c1-12-4-2-6-15-16(12)22-18(25-15)23-9-3-5-13(10-23)21-17(24)14-7-8-19-11-20-14/h2,4,6-8,11,13H,3,5,9-10H2,1H3,(H,21,24). The Balaban J connectivity index is 1.48. The van der Waals surface area contributed by atoms with Crippen molar-refractivity contribution in [2.24, 2.45) is 0 Å². The van der Waals surface area contributed by atoms with E-state index in [1.807, 2.05) is 0 Å². The SMILES string of the molecule is Cc1cccc2sc(N3CCCC(NC(=O)c4ccncn4)C3)nc12. The second kappa shape index (κ2) is 6.76. The first-order valence-corrected chi connectivity index (χ1v) is 9.20. The molecule has 2 aromatic heterocycles. The lowest BCUT2D eigenvalue weighted by Crippen LogP contribution is -2.48. The number of nitrogens with zero attached hydrogens (tertiary/aromatic N) is 4. The van der Waals surface area contributed by atoms with E-state index in [1.54, 1.807) is 23.6 Å². The maximum absolute atomic E-state index is 12.3. The van der Waals surface area contributed by atoms with Crippen LogP contribution in [0, 0.1) is 6.92 Å². The number of hydrogen-bond donors (Lipinski definition) is 1. The second-order valence-electron chi connectivity index (χ2n) is 6.27. The quantitative estimate of drug-likeness (QED) is 0.784. The Labute approximate surface area is 149 Å². The first-order valence-electron chi connectivity index (χ1n) is 8.39. The van der Waals surface area contributed by atoms with Gasteiger partial charge in [-0.3, -0.25) is 4.79 Å². The number of benzene rings is 1. The van der Waals surface area contributed by atoms with Crippen molar-refractivity contribution in [1.82, 2.24) is 20.3 Å². The van der Waals surface area contributed by atoms with Crippen molar-refractivity contribution in [3.05, 3.63) is 48.0 Å². The van der Waals surface area contributed by atoms with Crippen molar-refractivity contribution in [2.75, 3.05) is 18.0 Å². The highest BCUT2D eigenvalue weighted by Gasteiger charge is 2.24. The van der Waals surface area contributed by atoms with Gasteiger partial charge in [0.25, 0.3) is 5.91 Å². The molecule has 1 aliphatic rings. The minimum Gasteiger partial charge on any atom is -0.346 e. The molecule has 1 atom stereocenters.